The molecule has 0 unspecified atom stereocenters. The Bertz CT molecular complexity index is 419. The monoisotopic (exact) mass is 337 g/mol. The van der Waals surface area contributed by atoms with Crippen LogP contribution in [0.4, 0.5) is 18.0 Å². The molecule has 2 rings (SSSR count). The van der Waals surface area contributed by atoms with Crippen molar-refractivity contribution in [2.75, 3.05) is 45.9 Å². The summed E-state index contributed by atoms with van der Waals surface area (Å²) in [5.41, 5.74) is -0.313. The normalized spacial score (nSPS) is 29.8. The molecule has 2 fully saturated rings. The molecular formula is C15H26F3N3O2. The summed E-state index contributed by atoms with van der Waals surface area (Å²) in [5.74, 6) is 0.0832. The molecule has 2 saturated heterocycles. The highest BCUT2D eigenvalue weighted by atomic mass is 19.4. The maximum atomic E-state index is 12.4. The molecule has 2 heterocycles. The fourth-order valence-electron chi connectivity index (χ4n) is 3.14. The van der Waals surface area contributed by atoms with E-state index in [2.05, 4.69) is 5.32 Å². The number of carbonyl (C=O) groups excluding carboxylic acids is 1. The van der Waals surface area contributed by atoms with Crippen LogP contribution in [0.3, 0.4) is 0 Å². The van der Waals surface area contributed by atoms with Gasteiger partial charge in [-0.15, -0.1) is 0 Å². The molecule has 8 heteroatoms. The molecule has 2 amide bonds. The van der Waals surface area contributed by atoms with Gasteiger partial charge in [0, 0.05) is 19.6 Å². The Morgan fingerprint density at radius 3 is 2.78 bits per heavy atom. The summed E-state index contributed by atoms with van der Waals surface area (Å²) in [5, 5.41) is 2.86. The molecule has 1 N–H and O–H groups in total. The lowest BCUT2D eigenvalue weighted by Crippen LogP contribution is -2.54. The summed E-state index contributed by atoms with van der Waals surface area (Å²) in [7, 11) is 0. The fourth-order valence-corrected chi connectivity index (χ4v) is 3.14. The summed E-state index contributed by atoms with van der Waals surface area (Å²) in [4.78, 5) is 15.4. The van der Waals surface area contributed by atoms with E-state index in [9.17, 15) is 18.0 Å². The third-order valence-corrected chi connectivity index (χ3v) is 4.69. The SMILES string of the molecule is CC[C@@]1(C)CN(C(=O)NC[C@H]2CCN(CC(F)(F)F)C2)CCO1. The summed E-state index contributed by atoms with van der Waals surface area (Å²) in [6.45, 7) is 5.99. The first-order valence-electron chi connectivity index (χ1n) is 8.16. The Morgan fingerprint density at radius 1 is 1.39 bits per heavy atom. The first-order chi connectivity index (χ1) is 10.7. The molecule has 23 heavy (non-hydrogen) atoms. The number of alkyl halides is 3. The highest BCUT2D eigenvalue weighted by Crippen LogP contribution is 2.23. The van der Waals surface area contributed by atoms with E-state index in [1.807, 2.05) is 13.8 Å². The molecule has 0 bridgehead atoms. The Balaban J connectivity index is 1.73. The van der Waals surface area contributed by atoms with Crippen LogP contribution in [-0.2, 0) is 4.74 Å². The third-order valence-electron chi connectivity index (χ3n) is 4.69. The molecule has 2 aliphatic rings. The number of nitrogens with zero attached hydrogens (tertiary/aromatic N) is 2. The van der Waals surface area contributed by atoms with Crippen molar-refractivity contribution in [2.24, 2.45) is 5.92 Å². The van der Waals surface area contributed by atoms with E-state index >= 15 is 0 Å². The predicted octanol–water partition coefficient (Wildman–Crippen LogP) is 2.08. The van der Waals surface area contributed by atoms with Gasteiger partial charge in [0.1, 0.15) is 0 Å². The van der Waals surface area contributed by atoms with Crippen LogP contribution in [0.1, 0.15) is 26.7 Å². The van der Waals surface area contributed by atoms with E-state index in [1.165, 1.54) is 4.90 Å². The van der Waals surface area contributed by atoms with Crippen molar-refractivity contribution in [1.82, 2.24) is 15.1 Å². The summed E-state index contributed by atoms with van der Waals surface area (Å²) in [6, 6.07) is -0.151. The number of amides is 2. The van der Waals surface area contributed by atoms with Gasteiger partial charge in [0.2, 0.25) is 0 Å². The van der Waals surface area contributed by atoms with Gasteiger partial charge in [0.15, 0.2) is 0 Å². The number of hydrogen-bond acceptors (Lipinski definition) is 3. The molecule has 2 atom stereocenters. The quantitative estimate of drug-likeness (QED) is 0.854. The molecule has 0 saturated carbocycles. The highest BCUT2D eigenvalue weighted by Gasteiger charge is 2.35. The average molecular weight is 337 g/mol. The predicted molar refractivity (Wildman–Crippen MR) is 80.2 cm³/mol. The lowest BCUT2D eigenvalue weighted by atomic mass is 10.0. The number of likely N-dealkylation sites (tertiary alicyclic amines) is 1. The Kier molecular flexibility index (Phi) is 5.78. The van der Waals surface area contributed by atoms with E-state index < -0.39 is 12.7 Å². The van der Waals surface area contributed by atoms with Gasteiger partial charge in [-0.05, 0) is 32.2 Å². The standard InChI is InChI=1S/C15H26F3N3O2/c1-3-14(2)10-21(6-7-23-14)13(22)19-8-12-4-5-20(9-12)11-15(16,17)18/h12H,3-11H2,1-2H3,(H,19,22)/t12-,14+/m1/s1. The van der Waals surface area contributed by atoms with Crippen molar-refractivity contribution in [1.29, 1.82) is 0 Å². The molecule has 0 aromatic heterocycles. The minimum Gasteiger partial charge on any atom is -0.372 e. The average Bonchev–Trinajstić information content (AvgIpc) is 2.90. The minimum absolute atomic E-state index is 0.0832. The highest BCUT2D eigenvalue weighted by molar-refractivity contribution is 5.74. The number of morpholine rings is 1. The number of carbonyl (C=O) groups is 1. The second-order valence-electron chi connectivity index (χ2n) is 6.76. The van der Waals surface area contributed by atoms with Crippen LogP contribution in [0.25, 0.3) is 0 Å². The van der Waals surface area contributed by atoms with Gasteiger partial charge < -0.3 is 15.0 Å². The van der Waals surface area contributed by atoms with Gasteiger partial charge in [-0.2, -0.15) is 13.2 Å². The van der Waals surface area contributed by atoms with Gasteiger partial charge in [0.05, 0.1) is 25.3 Å². The number of hydrogen-bond donors (Lipinski definition) is 1. The van der Waals surface area contributed by atoms with E-state index in [0.717, 1.165) is 6.42 Å². The molecule has 5 nitrogen and oxygen atoms in total. The zero-order valence-electron chi connectivity index (χ0n) is 13.8. The largest absolute Gasteiger partial charge is 0.401 e. The Hall–Kier alpha value is -1.02. The first-order valence-corrected chi connectivity index (χ1v) is 8.16. The van der Waals surface area contributed by atoms with Crippen LogP contribution in [-0.4, -0.2) is 73.5 Å². The lowest BCUT2D eigenvalue weighted by molar-refractivity contribution is -0.143. The number of nitrogens with one attached hydrogen (secondary N) is 1. The number of ether oxygens (including phenoxy) is 1. The van der Waals surface area contributed by atoms with Crippen LogP contribution in [0, 0.1) is 5.92 Å². The Labute approximate surface area is 135 Å². The smallest absolute Gasteiger partial charge is 0.372 e. The zero-order valence-corrected chi connectivity index (χ0v) is 13.8. The van der Waals surface area contributed by atoms with Crippen LogP contribution in [0.5, 0.6) is 0 Å². The van der Waals surface area contributed by atoms with E-state index in [-0.39, 0.29) is 17.6 Å². The topological polar surface area (TPSA) is 44.8 Å². The van der Waals surface area contributed by atoms with Crippen LogP contribution >= 0.6 is 0 Å². The molecule has 0 spiro atoms. The zero-order chi connectivity index (χ0) is 17.1. The van der Waals surface area contributed by atoms with Crippen LogP contribution < -0.4 is 5.32 Å². The summed E-state index contributed by atoms with van der Waals surface area (Å²) < 4.78 is 42.8. The second kappa shape index (κ2) is 7.25. The molecule has 0 aromatic carbocycles. The van der Waals surface area contributed by atoms with Gasteiger partial charge >= 0.3 is 12.2 Å². The van der Waals surface area contributed by atoms with E-state index in [4.69, 9.17) is 4.74 Å². The van der Waals surface area contributed by atoms with Gasteiger partial charge in [-0.3, -0.25) is 4.90 Å². The number of halogens is 3. The summed E-state index contributed by atoms with van der Waals surface area (Å²) >= 11 is 0. The fraction of sp³-hybridized carbons (Fsp3) is 0.933. The van der Waals surface area contributed by atoms with Gasteiger partial charge in [-0.25, -0.2) is 4.79 Å². The maximum absolute atomic E-state index is 12.4. The molecule has 0 aliphatic carbocycles. The van der Waals surface area contributed by atoms with Crippen molar-refractivity contribution < 1.29 is 22.7 Å². The van der Waals surface area contributed by atoms with E-state index in [0.29, 0.717) is 45.8 Å². The van der Waals surface area contributed by atoms with Gasteiger partial charge in [0.25, 0.3) is 0 Å². The van der Waals surface area contributed by atoms with Crippen molar-refractivity contribution in [3.63, 3.8) is 0 Å². The van der Waals surface area contributed by atoms with E-state index in [1.54, 1.807) is 4.90 Å². The molecule has 134 valence electrons. The maximum Gasteiger partial charge on any atom is 0.401 e. The molecular weight excluding hydrogens is 311 g/mol. The third kappa shape index (κ3) is 5.53. The first kappa shape index (κ1) is 18.3. The second-order valence-corrected chi connectivity index (χ2v) is 6.76. The minimum atomic E-state index is -4.16. The number of rotatable bonds is 4. The van der Waals surface area contributed by atoms with Crippen LogP contribution in [0.2, 0.25) is 0 Å². The van der Waals surface area contributed by atoms with Crippen molar-refractivity contribution in [2.45, 2.75) is 38.5 Å². The van der Waals surface area contributed by atoms with Crippen LogP contribution in [0.15, 0.2) is 0 Å². The number of urea groups is 1. The molecule has 0 radical (unpaired) electrons. The lowest BCUT2D eigenvalue weighted by Gasteiger charge is -2.40. The van der Waals surface area contributed by atoms with Gasteiger partial charge in [-0.1, -0.05) is 6.92 Å². The van der Waals surface area contributed by atoms with Crippen molar-refractivity contribution in [3.05, 3.63) is 0 Å². The summed E-state index contributed by atoms with van der Waals surface area (Å²) in [6.07, 6.45) is -2.64. The Morgan fingerprint density at radius 2 is 2.13 bits per heavy atom. The molecule has 2 aliphatic heterocycles. The van der Waals surface area contributed by atoms with Crippen molar-refractivity contribution in [3.8, 4) is 0 Å². The molecule has 0 aromatic rings. The van der Waals surface area contributed by atoms with Crippen molar-refractivity contribution >= 4 is 6.03 Å².